The predicted octanol–water partition coefficient (Wildman–Crippen LogP) is 7.02. The van der Waals surface area contributed by atoms with Crippen LogP contribution >= 0.6 is 0 Å². The van der Waals surface area contributed by atoms with Gasteiger partial charge >= 0.3 is 5.97 Å². The third-order valence-electron chi connectivity index (χ3n) is 4.49. The average molecular weight is 406 g/mol. The van der Waals surface area contributed by atoms with Crippen molar-refractivity contribution in [1.82, 2.24) is 0 Å². The molecule has 0 bridgehead atoms. The van der Waals surface area contributed by atoms with Crippen LogP contribution in [-0.4, -0.2) is 26.7 Å². The van der Waals surface area contributed by atoms with E-state index < -0.39 is 0 Å². The summed E-state index contributed by atoms with van der Waals surface area (Å²) < 4.78 is 5.34. The Balaban J connectivity index is 1.85. The van der Waals surface area contributed by atoms with Crippen molar-refractivity contribution < 1.29 is 9.53 Å². The van der Waals surface area contributed by atoms with Gasteiger partial charge in [-0.15, -0.1) is 0 Å². The molecule has 0 N–H and O–H groups in total. The summed E-state index contributed by atoms with van der Waals surface area (Å²) in [6.07, 6.45) is 6.15. The van der Waals surface area contributed by atoms with Crippen LogP contribution in [0, 0.1) is 0 Å². The molecule has 30 heavy (non-hydrogen) atoms. The summed E-state index contributed by atoms with van der Waals surface area (Å²) in [7, 11) is 3.99. The number of allylic oxidation sites excluding steroid dienone is 3. The molecular weight excluding hydrogens is 374 g/mol. The Labute approximate surface area is 179 Å². The lowest BCUT2D eigenvalue weighted by Gasteiger charge is -2.11. The summed E-state index contributed by atoms with van der Waals surface area (Å²) >= 11 is 0. The maximum atomic E-state index is 12.2. The number of ether oxygens (including phenoxy) is 1. The van der Waals surface area contributed by atoms with Crippen molar-refractivity contribution in [2.24, 2.45) is 10.2 Å². The first kappa shape index (κ1) is 23.1. The van der Waals surface area contributed by atoms with Crippen LogP contribution in [-0.2, 0) is 4.74 Å². The summed E-state index contributed by atoms with van der Waals surface area (Å²) in [6, 6.07) is 14.7. The van der Waals surface area contributed by atoms with E-state index in [9.17, 15) is 4.79 Å². The van der Waals surface area contributed by atoms with E-state index in [-0.39, 0.29) is 12.6 Å². The Morgan fingerprint density at radius 3 is 2.00 bits per heavy atom. The van der Waals surface area contributed by atoms with Gasteiger partial charge in [0.2, 0.25) is 0 Å². The van der Waals surface area contributed by atoms with Gasteiger partial charge in [-0.2, -0.15) is 10.2 Å². The monoisotopic (exact) mass is 405 g/mol. The molecule has 5 heteroatoms. The molecule has 0 fully saturated rings. The SMILES string of the molecule is CC(C)=CCCC(C)=CCOC(=O)c1ccc(N=Nc2ccc(N(C)C)cc2)cc1. The Morgan fingerprint density at radius 1 is 0.900 bits per heavy atom. The summed E-state index contributed by atoms with van der Waals surface area (Å²) in [5, 5.41) is 8.46. The fourth-order valence-corrected chi connectivity index (χ4v) is 2.63. The van der Waals surface area contributed by atoms with Crippen molar-refractivity contribution in [1.29, 1.82) is 0 Å². The molecule has 0 heterocycles. The Bertz CT molecular complexity index is 904. The zero-order valence-electron chi connectivity index (χ0n) is 18.6. The van der Waals surface area contributed by atoms with Crippen molar-refractivity contribution in [3.8, 4) is 0 Å². The standard InChI is InChI=1S/C25H31N3O2/c1-19(2)7-6-8-20(3)17-18-30-25(29)21-9-11-22(12-10-21)26-27-23-13-15-24(16-14-23)28(4)5/h7,9-17H,6,8,18H2,1-5H3. The van der Waals surface area contributed by atoms with Crippen LogP contribution in [0.5, 0.6) is 0 Å². The van der Waals surface area contributed by atoms with E-state index in [0.717, 1.165) is 24.2 Å². The number of carbonyl (C=O) groups is 1. The number of anilines is 1. The second-order valence-corrected chi connectivity index (χ2v) is 7.63. The topological polar surface area (TPSA) is 54.3 Å². The molecule has 0 aliphatic rings. The van der Waals surface area contributed by atoms with Gasteiger partial charge in [-0.3, -0.25) is 0 Å². The first-order valence-corrected chi connectivity index (χ1v) is 10.1. The van der Waals surface area contributed by atoms with Gasteiger partial charge in [0.1, 0.15) is 6.61 Å². The molecule has 5 nitrogen and oxygen atoms in total. The van der Waals surface area contributed by atoms with Gasteiger partial charge in [0, 0.05) is 19.8 Å². The fraction of sp³-hybridized carbons (Fsp3) is 0.320. The Kier molecular flexibility index (Phi) is 9.01. The van der Waals surface area contributed by atoms with E-state index >= 15 is 0 Å². The molecule has 0 saturated heterocycles. The van der Waals surface area contributed by atoms with E-state index in [1.165, 1.54) is 11.1 Å². The Hall–Kier alpha value is -3.21. The van der Waals surface area contributed by atoms with Crippen LogP contribution in [0.25, 0.3) is 0 Å². The summed E-state index contributed by atoms with van der Waals surface area (Å²) in [5.74, 6) is -0.342. The molecule has 2 aromatic carbocycles. The van der Waals surface area contributed by atoms with Gasteiger partial charge < -0.3 is 9.64 Å². The average Bonchev–Trinajstić information content (AvgIpc) is 2.72. The van der Waals surface area contributed by atoms with Crippen molar-refractivity contribution >= 4 is 23.0 Å². The highest BCUT2D eigenvalue weighted by Crippen LogP contribution is 2.21. The maximum Gasteiger partial charge on any atom is 0.338 e. The van der Waals surface area contributed by atoms with Gasteiger partial charge in [0.25, 0.3) is 0 Å². The maximum absolute atomic E-state index is 12.2. The van der Waals surface area contributed by atoms with Crippen LogP contribution in [0.4, 0.5) is 17.1 Å². The Morgan fingerprint density at radius 2 is 1.47 bits per heavy atom. The van der Waals surface area contributed by atoms with E-state index in [4.69, 9.17) is 4.74 Å². The molecule has 0 aliphatic carbocycles. The number of azo groups is 1. The molecular formula is C25H31N3O2. The third kappa shape index (κ3) is 8.03. The molecule has 2 rings (SSSR count). The highest BCUT2D eigenvalue weighted by atomic mass is 16.5. The summed E-state index contributed by atoms with van der Waals surface area (Å²) in [4.78, 5) is 14.2. The first-order valence-electron chi connectivity index (χ1n) is 10.1. The molecule has 0 atom stereocenters. The van der Waals surface area contributed by atoms with Crippen LogP contribution in [0.1, 0.15) is 44.0 Å². The van der Waals surface area contributed by atoms with E-state index in [1.807, 2.05) is 49.3 Å². The van der Waals surface area contributed by atoms with Crippen molar-refractivity contribution in [2.45, 2.75) is 33.6 Å². The van der Waals surface area contributed by atoms with Gasteiger partial charge in [0.15, 0.2) is 0 Å². The number of hydrogen-bond donors (Lipinski definition) is 0. The lowest BCUT2D eigenvalue weighted by atomic mass is 10.1. The van der Waals surface area contributed by atoms with Crippen molar-refractivity contribution in [3.63, 3.8) is 0 Å². The van der Waals surface area contributed by atoms with Gasteiger partial charge in [-0.1, -0.05) is 17.2 Å². The number of nitrogens with zero attached hydrogens (tertiary/aromatic N) is 3. The number of hydrogen-bond acceptors (Lipinski definition) is 5. The number of benzene rings is 2. The third-order valence-corrected chi connectivity index (χ3v) is 4.49. The molecule has 0 saturated carbocycles. The van der Waals surface area contributed by atoms with Crippen LogP contribution in [0.2, 0.25) is 0 Å². The second-order valence-electron chi connectivity index (χ2n) is 7.63. The highest BCUT2D eigenvalue weighted by Gasteiger charge is 2.06. The van der Waals surface area contributed by atoms with Crippen LogP contribution < -0.4 is 4.90 Å². The van der Waals surface area contributed by atoms with E-state index in [1.54, 1.807) is 24.3 Å². The lowest BCUT2D eigenvalue weighted by Crippen LogP contribution is -2.07. The van der Waals surface area contributed by atoms with Crippen molar-refractivity contribution in [2.75, 3.05) is 25.6 Å². The summed E-state index contributed by atoms with van der Waals surface area (Å²) in [5.41, 5.74) is 5.60. The highest BCUT2D eigenvalue weighted by molar-refractivity contribution is 5.89. The number of carbonyl (C=O) groups excluding carboxylic acids is 1. The van der Waals surface area contributed by atoms with Crippen LogP contribution in [0.15, 0.2) is 82.1 Å². The number of esters is 1. The van der Waals surface area contributed by atoms with Gasteiger partial charge in [0.05, 0.1) is 16.9 Å². The summed E-state index contributed by atoms with van der Waals surface area (Å²) in [6.45, 7) is 6.52. The second kappa shape index (κ2) is 11.7. The molecule has 0 aromatic heterocycles. The minimum Gasteiger partial charge on any atom is -0.458 e. The smallest absolute Gasteiger partial charge is 0.338 e. The molecule has 0 radical (unpaired) electrons. The fourth-order valence-electron chi connectivity index (χ4n) is 2.63. The normalized spacial score (nSPS) is 11.4. The zero-order valence-corrected chi connectivity index (χ0v) is 18.6. The molecule has 0 spiro atoms. The minimum absolute atomic E-state index is 0.282. The molecule has 0 aliphatic heterocycles. The number of rotatable bonds is 9. The quantitative estimate of drug-likeness (QED) is 0.256. The lowest BCUT2D eigenvalue weighted by molar-refractivity contribution is 0.0549. The van der Waals surface area contributed by atoms with Gasteiger partial charge in [-0.05, 0) is 88.2 Å². The largest absolute Gasteiger partial charge is 0.458 e. The van der Waals surface area contributed by atoms with E-state index in [2.05, 4.69) is 37.1 Å². The van der Waals surface area contributed by atoms with E-state index in [0.29, 0.717) is 11.3 Å². The van der Waals surface area contributed by atoms with Crippen molar-refractivity contribution in [3.05, 3.63) is 77.4 Å². The minimum atomic E-state index is -0.342. The zero-order chi connectivity index (χ0) is 21.9. The molecule has 2 aromatic rings. The first-order chi connectivity index (χ1) is 14.3. The predicted molar refractivity (Wildman–Crippen MR) is 124 cm³/mol. The van der Waals surface area contributed by atoms with Gasteiger partial charge in [-0.25, -0.2) is 4.79 Å². The molecule has 0 unspecified atom stereocenters. The molecule has 0 amide bonds. The molecule has 158 valence electrons. The van der Waals surface area contributed by atoms with Crippen LogP contribution in [0.3, 0.4) is 0 Å².